The van der Waals surface area contributed by atoms with E-state index >= 15 is 0 Å². The van der Waals surface area contributed by atoms with Gasteiger partial charge in [0, 0.05) is 18.8 Å². The van der Waals surface area contributed by atoms with Crippen LogP contribution in [0.1, 0.15) is 19.8 Å². The summed E-state index contributed by atoms with van der Waals surface area (Å²) in [4.78, 5) is 0.209. The lowest BCUT2D eigenvalue weighted by molar-refractivity contribution is 0.555. The van der Waals surface area contributed by atoms with Crippen LogP contribution in [0.4, 0.5) is 0 Å². The van der Waals surface area contributed by atoms with E-state index in [-0.39, 0.29) is 10.9 Å². The lowest BCUT2D eigenvalue weighted by Crippen LogP contribution is -2.32. The van der Waals surface area contributed by atoms with Gasteiger partial charge in [-0.3, -0.25) is 4.68 Å². The molecular formula is C11H22N4O2S2. The van der Waals surface area contributed by atoms with Crippen molar-refractivity contribution >= 4 is 21.8 Å². The minimum Gasteiger partial charge on any atom is -0.330 e. The fourth-order valence-electron chi connectivity index (χ4n) is 1.55. The van der Waals surface area contributed by atoms with Gasteiger partial charge in [-0.15, -0.1) is 0 Å². The highest BCUT2D eigenvalue weighted by Gasteiger charge is 2.18. The predicted molar refractivity (Wildman–Crippen MR) is 78.7 cm³/mol. The molecule has 1 unspecified atom stereocenters. The number of aryl methyl sites for hydroxylation is 1. The molecule has 0 saturated heterocycles. The van der Waals surface area contributed by atoms with Crippen molar-refractivity contribution in [1.82, 2.24) is 14.5 Å². The van der Waals surface area contributed by atoms with Gasteiger partial charge < -0.3 is 5.73 Å². The van der Waals surface area contributed by atoms with Crippen molar-refractivity contribution in [3.05, 3.63) is 12.4 Å². The van der Waals surface area contributed by atoms with E-state index in [9.17, 15) is 8.42 Å². The Kier molecular flexibility index (Phi) is 6.84. The number of nitrogens with zero attached hydrogens (tertiary/aromatic N) is 2. The second-order valence-corrected chi connectivity index (χ2v) is 7.08. The highest BCUT2D eigenvalue weighted by atomic mass is 32.2. The molecule has 1 rings (SSSR count). The van der Waals surface area contributed by atoms with Gasteiger partial charge in [-0.05, 0) is 38.3 Å². The van der Waals surface area contributed by atoms with E-state index in [1.54, 1.807) is 22.6 Å². The van der Waals surface area contributed by atoms with Crippen molar-refractivity contribution in [2.24, 2.45) is 5.73 Å². The minimum atomic E-state index is -3.47. The van der Waals surface area contributed by atoms with Crippen LogP contribution in [0, 0.1) is 0 Å². The topological polar surface area (TPSA) is 90.0 Å². The predicted octanol–water partition coefficient (Wildman–Crippen LogP) is 0.652. The van der Waals surface area contributed by atoms with Gasteiger partial charge in [0.25, 0.3) is 0 Å². The Morgan fingerprint density at radius 3 is 2.95 bits per heavy atom. The monoisotopic (exact) mass is 306 g/mol. The number of nitrogens with two attached hydrogens (primary N) is 1. The fraction of sp³-hybridized carbons (Fsp3) is 0.727. The average molecular weight is 306 g/mol. The fourth-order valence-corrected chi connectivity index (χ4v) is 3.36. The average Bonchev–Trinajstić information content (AvgIpc) is 2.83. The smallest absolute Gasteiger partial charge is 0.243 e. The first-order chi connectivity index (χ1) is 8.99. The SMILES string of the molecule is CSCCC(C)NS(=O)(=O)c1cnn(CCCN)c1. The Bertz CT molecular complexity index is 473. The molecule has 0 amide bonds. The number of sulfonamides is 1. The molecule has 0 saturated carbocycles. The molecule has 0 aromatic carbocycles. The minimum absolute atomic E-state index is 0.0789. The van der Waals surface area contributed by atoms with Crippen LogP contribution in [-0.4, -0.2) is 42.8 Å². The molecule has 0 spiro atoms. The summed E-state index contributed by atoms with van der Waals surface area (Å²) in [7, 11) is -3.47. The normalized spacial score (nSPS) is 13.6. The molecule has 1 heterocycles. The molecular weight excluding hydrogens is 284 g/mol. The van der Waals surface area contributed by atoms with Gasteiger partial charge in [0.1, 0.15) is 4.90 Å². The second kappa shape index (κ2) is 7.88. The Balaban J connectivity index is 2.63. The van der Waals surface area contributed by atoms with E-state index in [0.29, 0.717) is 13.1 Å². The van der Waals surface area contributed by atoms with Crippen LogP contribution >= 0.6 is 11.8 Å². The molecule has 0 fully saturated rings. The van der Waals surface area contributed by atoms with Crippen molar-refractivity contribution in [2.45, 2.75) is 37.2 Å². The van der Waals surface area contributed by atoms with Gasteiger partial charge in [0.05, 0.1) is 6.20 Å². The molecule has 19 heavy (non-hydrogen) atoms. The highest BCUT2D eigenvalue weighted by molar-refractivity contribution is 7.98. The number of aromatic nitrogens is 2. The van der Waals surface area contributed by atoms with Crippen molar-refractivity contribution in [2.75, 3.05) is 18.6 Å². The molecule has 1 aromatic heterocycles. The Morgan fingerprint density at radius 2 is 2.32 bits per heavy atom. The second-order valence-electron chi connectivity index (χ2n) is 4.39. The van der Waals surface area contributed by atoms with Crippen molar-refractivity contribution < 1.29 is 8.42 Å². The van der Waals surface area contributed by atoms with E-state index in [2.05, 4.69) is 9.82 Å². The van der Waals surface area contributed by atoms with E-state index in [4.69, 9.17) is 5.73 Å². The molecule has 0 aliphatic rings. The largest absolute Gasteiger partial charge is 0.330 e. The van der Waals surface area contributed by atoms with E-state index in [1.165, 1.54) is 6.20 Å². The summed E-state index contributed by atoms with van der Waals surface area (Å²) in [5, 5.41) is 4.03. The Hall–Kier alpha value is -0.570. The number of rotatable bonds is 9. The van der Waals surface area contributed by atoms with Gasteiger partial charge in [-0.1, -0.05) is 0 Å². The van der Waals surface area contributed by atoms with Gasteiger partial charge in [-0.2, -0.15) is 16.9 Å². The molecule has 0 bridgehead atoms. The molecule has 1 atom stereocenters. The third-order valence-corrected chi connectivity index (χ3v) is 4.81. The lowest BCUT2D eigenvalue weighted by atomic mass is 10.3. The van der Waals surface area contributed by atoms with Crippen LogP contribution in [0.15, 0.2) is 17.3 Å². The quantitative estimate of drug-likeness (QED) is 0.699. The first kappa shape index (κ1) is 16.5. The van der Waals surface area contributed by atoms with Crippen LogP contribution < -0.4 is 10.5 Å². The standard InChI is InChI=1S/C11H22N4O2S2/c1-10(4-7-18-2)14-19(16,17)11-8-13-15(9-11)6-3-5-12/h8-10,14H,3-7,12H2,1-2H3. The first-order valence-corrected chi connectivity index (χ1v) is 9.11. The number of hydrogen-bond donors (Lipinski definition) is 2. The maximum absolute atomic E-state index is 12.1. The molecule has 3 N–H and O–H groups in total. The van der Waals surface area contributed by atoms with Crippen molar-refractivity contribution in [1.29, 1.82) is 0 Å². The summed E-state index contributed by atoms with van der Waals surface area (Å²) in [6, 6.07) is -0.0789. The van der Waals surface area contributed by atoms with Crippen LogP contribution in [0.5, 0.6) is 0 Å². The maximum Gasteiger partial charge on any atom is 0.243 e. The van der Waals surface area contributed by atoms with Crippen LogP contribution in [0.2, 0.25) is 0 Å². The van der Waals surface area contributed by atoms with Crippen molar-refractivity contribution in [3.8, 4) is 0 Å². The molecule has 8 heteroatoms. The van der Waals surface area contributed by atoms with Crippen LogP contribution in [0.3, 0.4) is 0 Å². The summed E-state index contributed by atoms with van der Waals surface area (Å²) in [6.45, 7) is 3.06. The van der Waals surface area contributed by atoms with Crippen molar-refractivity contribution in [3.63, 3.8) is 0 Å². The van der Waals surface area contributed by atoms with Crippen LogP contribution in [-0.2, 0) is 16.6 Å². The molecule has 0 radical (unpaired) electrons. The van der Waals surface area contributed by atoms with Gasteiger partial charge in [0.15, 0.2) is 0 Å². The van der Waals surface area contributed by atoms with Crippen LogP contribution in [0.25, 0.3) is 0 Å². The molecule has 6 nitrogen and oxygen atoms in total. The molecule has 0 aliphatic carbocycles. The number of hydrogen-bond acceptors (Lipinski definition) is 5. The first-order valence-electron chi connectivity index (χ1n) is 6.23. The van der Waals surface area contributed by atoms with E-state index < -0.39 is 10.0 Å². The third-order valence-electron chi connectivity index (χ3n) is 2.62. The Morgan fingerprint density at radius 1 is 1.58 bits per heavy atom. The van der Waals surface area contributed by atoms with Gasteiger partial charge >= 0.3 is 0 Å². The zero-order valence-electron chi connectivity index (χ0n) is 11.4. The van der Waals surface area contributed by atoms with Gasteiger partial charge in [0.2, 0.25) is 10.0 Å². The highest BCUT2D eigenvalue weighted by Crippen LogP contribution is 2.10. The number of thioether (sulfide) groups is 1. The van der Waals surface area contributed by atoms with E-state index in [1.807, 2.05) is 13.2 Å². The number of nitrogens with one attached hydrogen (secondary N) is 1. The molecule has 110 valence electrons. The maximum atomic E-state index is 12.1. The van der Waals surface area contributed by atoms with Gasteiger partial charge in [-0.25, -0.2) is 13.1 Å². The molecule has 1 aromatic rings. The third kappa shape index (κ3) is 5.52. The lowest BCUT2D eigenvalue weighted by Gasteiger charge is -2.12. The summed E-state index contributed by atoms with van der Waals surface area (Å²) >= 11 is 1.70. The summed E-state index contributed by atoms with van der Waals surface area (Å²) < 4.78 is 28.5. The summed E-state index contributed by atoms with van der Waals surface area (Å²) in [5.74, 6) is 0.930. The summed E-state index contributed by atoms with van der Waals surface area (Å²) in [6.07, 6.45) is 6.50. The summed E-state index contributed by atoms with van der Waals surface area (Å²) in [5.41, 5.74) is 5.41. The van der Waals surface area contributed by atoms with E-state index in [0.717, 1.165) is 18.6 Å². The zero-order chi connectivity index (χ0) is 14.3. The molecule has 0 aliphatic heterocycles. The zero-order valence-corrected chi connectivity index (χ0v) is 13.0. The Labute approximate surface area is 119 Å².